The lowest BCUT2D eigenvalue weighted by atomic mass is 9.79. The maximum Gasteiger partial charge on any atom is 0.426 e. The first-order chi connectivity index (χ1) is 33.6. The Bertz CT molecular complexity index is 2060. The zero-order valence-corrected chi connectivity index (χ0v) is 43.1. The molecule has 1 aliphatic carbocycles. The number of phenolic OH excluding ortho intramolecular Hbond substituents is 1. The van der Waals surface area contributed by atoms with E-state index in [9.17, 15) is 33.9 Å². The van der Waals surface area contributed by atoms with Crippen molar-refractivity contribution in [2.45, 2.75) is 155 Å². The predicted octanol–water partition coefficient (Wildman–Crippen LogP) is 5.51. The number of likely N-dealkylation sites (N-methyl/N-ethyl adjacent to an activating group) is 1. The molecule has 18 nitrogen and oxygen atoms in total. The molecule has 2 aliphatic rings. The van der Waals surface area contributed by atoms with Gasteiger partial charge in [0.25, 0.3) is 5.91 Å². The van der Waals surface area contributed by atoms with Crippen LogP contribution in [0.5, 0.6) is 5.75 Å². The van der Waals surface area contributed by atoms with Crippen molar-refractivity contribution in [3.63, 3.8) is 0 Å². The third kappa shape index (κ3) is 17.5. The van der Waals surface area contributed by atoms with Gasteiger partial charge < -0.3 is 40.2 Å². The van der Waals surface area contributed by atoms with Gasteiger partial charge in [0, 0.05) is 56.4 Å². The molecule has 0 spiro atoms. The summed E-state index contributed by atoms with van der Waals surface area (Å²) in [6, 6.07) is 3.00. The Hall–Kier alpha value is -5.29. The summed E-state index contributed by atoms with van der Waals surface area (Å²) in [5.41, 5.74) is 6.14. The van der Waals surface area contributed by atoms with E-state index >= 15 is 0 Å². The number of nitrogens with one attached hydrogen (secondary N) is 5. The molecular formula is C51H78N8O10S. The molecule has 1 fully saturated rings. The fraction of sp³-hybridized carbons (Fsp3) is 0.667. The van der Waals surface area contributed by atoms with Crippen LogP contribution in [0.4, 0.5) is 4.79 Å². The molecule has 1 saturated heterocycles. The third-order valence-electron chi connectivity index (χ3n) is 13.0. The molecule has 1 aromatic heterocycles. The summed E-state index contributed by atoms with van der Waals surface area (Å²) in [4.78, 5) is 89.0. The van der Waals surface area contributed by atoms with Crippen molar-refractivity contribution in [1.82, 2.24) is 41.6 Å². The lowest BCUT2D eigenvalue weighted by Gasteiger charge is -2.40. The zero-order chi connectivity index (χ0) is 51.2. The largest absolute Gasteiger partial charge is 0.508 e. The molecule has 2 aromatic rings. The fourth-order valence-corrected chi connectivity index (χ4v) is 9.78. The zero-order valence-electron chi connectivity index (χ0n) is 42.3. The molecule has 7 atom stereocenters. The molecule has 0 radical (unpaired) electrons. The van der Waals surface area contributed by atoms with Gasteiger partial charge in [0.05, 0.1) is 25.2 Å². The highest BCUT2D eigenvalue weighted by molar-refractivity contribution is 7.09. The molecule has 2 heterocycles. The SMILES string of the molecule is C#CCCCC(=O)NCCOCCOC(=O)NNC(=O)[C@@H]1C[C@@H](NC(=O)c2csc([C@@H](C[C@H](C(C)C)N(CCC)C(=O)[C@@H](NC(=O)[C@H]3CCCCN3C)[C@@H](C)CC)OCCC)n2)Cc2ccc(O)cc21. The number of benzene rings is 1. The Morgan fingerprint density at radius 2 is 1.80 bits per heavy atom. The number of aromatic nitrogens is 1. The summed E-state index contributed by atoms with van der Waals surface area (Å²) in [5, 5.41) is 21.6. The number of aromatic hydroxyl groups is 1. The minimum absolute atomic E-state index is 0.0266. The van der Waals surface area contributed by atoms with E-state index in [4.69, 9.17) is 25.6 Å². The summed E-state index contributed by atoms with van der Waals surface area (Å²) in [6.45, 7) is 14.5. The Labute approximate surface area is 418 Å². The first-order valence-corrected chi connectivity index (χ1v) is 26.0. The average Bonchev–Trinajstić information content (AvgIpc) is 3.84. The number of hydrazine groups is 1. The summed E-state index contributed by atoms with van der Waals surface area (Å²) in [5.74, 6) is 0.193. The van der Waals surface area contributed by atoms with E-state index in [1.807, 2.05) is 39.6 Å². The third-order valence-corrected chi connectivity index (χ3v) is 13.9. The number of fused-ring (bicyclic) bond motifs is 1. The van der Waals surface area contributed by atoms with Crippen LogP contribution >= 0.6 is 11.3 Å². The highest BCUT2D eigenvalue weighted by Crippen LogP contribution is 2.35. The van der Waals surface area contributed by atoms with E-state index in [0.29, 0.717) is 68.8 Å². The number of terminal acetylenes is 1. The first kappa shape index (κ1) is 57.3. The van der Waals surface area contributed by atoms with Crippen LogP contribution in [0.2, 0.25) is 0 Å². The number of amides is 6. The molecule has 4 rings (SSSR count). The topological polar surface area (TPSA) is 230 Å². The highest BCUT2D eigenvalue weighted by atomic mass is 32.1. The van der Waals surface area contributed by atoms with Gasteiger partial charge in [-0.25, -0.2) is 15.2 Å². The molecule has 70 heavy (non-hydrogen) atoms. The van der Waals surface area contributed by atoms with Crippen molar-refractivity contribution in [1.29, 1.82) is 0 Å². The lowest BCUT2D eigenvalue weighted by molar-refractivity contribution is -0.143. The molecule has 0 saturated carbocycles. The van der Waals surface area contributed by atoms with E-state index in [0.717, 1.165) is 44.2 Å². The van der Waals surface area contributed by atoms with Crippen LogP contribution in [0.25, 0.3) is 0 Å². The molecule has 0 unspecified atom stereocenters. The fourth-order valence-electron chi connectivity index (χ4n) is 8.92. The van der Waals surface area contributed by atoms with Crippen LogP contribution in [-0.4, -0.2) is 133 Å². The van der Waals surface area contributed by atoms with Crippen molar-refractivity contribution in [2.24, 2.45) is 11.8 Å². The van der Waals surface area contributed by atoms with Crippen molar-refractivity contribution in [2.75, 3.05) is 53.1 Å². The maximum atomic E-state index is 14.7. The van der Waals surface area contributed by atoms with Gasteiger partial charge in [-0.1, -0.05) is 60.5 Å². The molecule has 6 N–H and O–H groups in total. The number of piperidine rings is 1. The second kappa shape index (κ2) is 29.8. The van der Waals surface area contributed by atoms with E-state index in [1.165, 1.54) is 23.5 Å². The second-order valence-electron chi connectivity index (χ2n) is 18.7. The van der Waals surface area contributed by atoms with Gasteiger partial charge in [0.1, 0.15) is 35.2 Å². The number of hydrogen-bond acceptors (Lipinski definition) is 13. The molecule has 388 valence electrons. The van der Waals surface area contributed by atoms with Crippen LogP contribution in [0.15, 0.2) is 23.6 Å². The van der Waals surface area contributed by atoms with Crippen LogP contribution < -0.4 is 26.8 Å². The second-order valence-corrected chi connectivity index (χ2v) is 19.6. The first-order valence-electron chi connectivity index (χ1n) is 25.1. The molecule has 6 amide bonds. The molecule has 19 heteroatoms. The summed E-state index contributed by atoms with van der Waals surface area (Å²) in [6.07, 6.45) is 11.2. The van der Waals surface area contributed by atoms with Gasteiger partial charge in [0.15, 0.2) is 0 Å². The maximum absolute atomic E-state index is 14.7. The van der Waals surface area contributed by atoms with E-state index in [2.05, 4.69) is 51.5 Å². The van der Waals surface area contributed by atoms with Crippen LogP contribution in [0, 0.1) is 24.2 Å². The average molecular weight is 995 g/mol. The van der Waals surface area contributed by atoms with Crippen LogP contribution in [0.1, 0.15) is 151 Å². The molecular weight excluding hydrogens is 917 g/mol. The van der Waals surface area contributed by atoms with Gasteiger partial charge in [-0.2, -0.15) is 0 Å². The number of hydrogen-bond donors (Lipinski definition) is 6. The number of unbranched alkanes of at least 4 members (excludes halogenated alkanes) is 1. The Balaban J connectivity index is 1.40. The van der Waals surface area contributed by atoms with Crippen molar-refractivity contribution < 1.29 is 48.1 Å². The van der Waals surface area contributed by atoms with Crippen LogP contribution in [0.3, 0.4) is 0 Å². The van der Waals surface area contributed by atoms with Crippen LogP contribution in [-0.2, 0) is 39.8 Å². The standard InChI is InChI=1S/C51H78N8O10S/c1-9-13-14-18-44(61)52-21-25-67-26-27-69-51(66)57-56-46(62)39-29-36(28-35-19-20-37(60)30-38(35)39)53-47(63)40-32-70-49(54-40)43(68-24-11-3)31-42(33(5)6)59(22-10-2)50(65)45(34(7)12-4)55-48(64)41-17-15-16-23-58(41)8/h1,19-20,30,32-34,36,39,41-43,45,60H,10-18,21-29,31H2,2-8H3,(H,52,61)(H,53,63)(H,55,64)(H,56,62)(H,57,66)/t34-,36-,39+,41+,42+,43+,45-/m0/s1. The molecule has 1 aromatic carbocycles. The Morgan fingerprint density at radius 1 is 1.01 bits per heavy atom. The van der Waals surface area contributed by atoms with Gasteiger partial charge in [-0.15, -0.1) is 23.7 Å². The number of ether oxygens (including phenoxy) is 3. The van der Waals surface area contributed by atoms with Gasteiger partial charge in [-0.05, 0) is 93.6 Å². The molecule has 1 aliphatic heterocycles. The monoisotopic (exact) mass is 995 g/mol. The number of rotatable bonds is 27. The highest BCUT2D eigenvalue weighted by Gasteiger charge is 2.39. The summed E-state index contributed by atoms with van der Waals surface area (Å²) in [7, 11) is 1.97. The normalized spacial score (nSPS) is 18.5. The van der Waals surface area contributed by atoms with Gasteiger partial charge >= 0.3 is 6.09 Å². The Morgan fingerprint density at radius 3 is 2.50 bits per heavy atom. The molecule has 0 bridgehead atoms. The predicted molar refractivity (Wildman–Crippen MR) is 268 cm³/mol. The summed E-state index contributed by atoms with van der Waals surface area (Å²) < 4.78 is 17.0. The van der Waals surface area contributed by atoms with Gasteiger partial charge in [-0.3, -0.25) is 34.3 Å². The van der Waals surface area contributed by atoms with Gasteiger partial charge in [0.2, 0.25) is 23.6 Å². The minimum atomic E-state index is -0.914. The lowest BCUT2D eigenvalue weighted by Crippen LogP contribution is -2.58. The van der Waals surface area contributed by atoms with E-state index < -0.39 is 42.0 Å². The number of thiazole rings is 1. The number of likely N-dealkylation sites (tertiary alicyclic amines) is 1. The number of carbonyl (C=O) groups is 6. The van der Waals surface area contributed by atoms with Crippen molar-refractivity contribution >= 4 is 47.0 Å². The van der Waals surface area contributed by atoms with E-state index in [1.54, 1.807) is 11.4 Å². The Kier molecular flexibility index (Phi) is 24.4. The number of phenols is 1. The number of nitrogens with zero attached hydrogens (tertiary/aromatic N) is 3. The van der Waals surface area contributed by atoms with E-state index in [-0.39, 0.29) is 79.3 Å². The summed E-state index contributed by atoms with van der Waals surface area (Å²) >= 11 is 1.31. The minimum Gasteiger partial charge on any atom is -0.508 e. The van der Waals surface area contributed by atoms with Crippen molar-refractivity contribution in [3.8, 4) is 18.1 Å². The van der Waals surface area contributed by atoms with Crippen molar-refractivity contribution in [3.05, 3.63) is 45.4 Å². The quantitative estimate of drug-likeness (QED) is 0.0370. The smallest absolute Gasteiger partial charge is 0.426 e. The number of carbonyl (C=O) groups excluding carboxylic acids is 6.